The van der Waals surface area contributed by atoms with E-state index in [1.165, 1.54) is 12.1 Å². The molecule has 0 saturated carbocycles. The third-order valence-corrected chi connectivity index (χ3v) is 3.26. The molecule has 2 nitrogen and oxygen atoms in total. The fourth-order valence-electron chi connectivity index (χ4n) is 2.08. The van der Waals surface area contributed by atoms with Crippen molar-refractivity contribution >= 4 is 5.69 Å². The largest absolute Gasteiger partial charge is 0.370 e. The Labute approximate surface area is 110 Å². The van der Waals surface area contributed by atoms with Gasteiger partial charge in [-0.2, -0.15) is 0 Å². The number of nitrogens with zero attached hydrogens (tertiary/aromatic N) is 1. The first-order valence-electron chi connectivity index (χ1n) is 6.82. The number of hydrogen-bond donors (Lipinski definition) is 1. The fourth-order valence-corrected chi connectivity index (χ4v) is 2.08. The molecule has 0 aromatic heterocycles. The molecule has 18 heavy (non-hydrogen) atoms. The summed E-state index contributed by atoms with van der Waals surface area (Å²) >= 11 is 0. The minimum absolute atomic E-state index is 0.179. The predicted octanol–water partition coefficient (Wildman–Crippen LogP) is 3.29. The van der Waals surface area contributed by atoms with Gasteiger partial charge in [-0.1, -0.05) is 20.8 Å². The SMILES string of the molecule is CCNC(CN(CC)c1ccc(F)cc1)C(C)C. The Balaban J connectivity index is 2.73. The second-order valence-electron chi connectivity index (χ2n) is 4.92. The van der Waals surface area contributed by atoms with E-state index in [2.05, 4.69) is 37.9 Å². The van der Waals surface area contributed by atoms with Gasteiger partial charge in [0.2, 0.25) is 0 Å². The summed E-state index contributed by atoms with van der Waals surface area (Å²) in [5.41, 5.74) is 1.09. The van der Waals surface area contributed by atoms with E-state index in [-0.39, 0.29) is 5.82 Å². The van der Waals surface area contributed by atoms with Gasteiger partial charge in [0, 0.05) is 24.8 Å². The molecule has 0 radical (unpaired) electrons. The summed E-state index contributed by atoms with van der Waals surface area (Å²) in [4.78, 5) is 2.28. The first-order valence-corrected chi connectivity index (χ1v) is 6.82. The second kappa shape index (κ2) is 7.37. The molecule has 3 heteroatoms. The maximum atomic E-state index is 12.9. The molecule has 0 aliphatic heterocycles. The van der Waals surface area contributed by atoms with E-state index < -0.39 is 0 Å². The van der Waals surface area contributed by atoms with Crippen molar-refractivity contribution in [3.63, 3.8) is 0 Å². The Kier molecular flexibility index (Phi) is 6.13. The molecule has 1 unspecified atom stereocenters. The molecule has 0 bridgehead atoms. The van der Waals surface area contributed by atoms with Gasteiger partial charge in [-0.25, -0.2) is 4.39 Å². The number of nitrogens with one attached hydrogen (secondary N) is 1. The van der Waals surface area contributed by atoms with E-state index in [1.54, 1.807) is 0 Å². The van der Waals surface area contributed by atoms with E-state index in [0.29, 0.717) is 12.0 Å². The molecule has 1 aromatic rings. The third kappa shape index (κ3) is 4.30. The van der Waals surface area contributed by atoms with E-state index in [9.17, 15) is 4.39 Å². The van der Waals surface area contributed by atoms with E-state index in [1.807, 2.05) is 12.1 Å². The summed E-state index contributed by atoms with van der Waals surface area (Å²) in [7, 11) is 0. The van der Waals surface area contributed by atoms with E-state index >= 15 is 0 Å². The van der Waals surface area contributed by atoms with E-state index in [0.717, 1.165) is 25.3 Å². The number of halogens is 1. The minimum atomic E-state index is -0.179. The van der Waals surface area contributed by atoms with Crippen LogP contribution in [0.1, 0.15) is 27.7 Å². The zero-order valence-corrected chi connectivity index (χ0v) is 11.9. The van der Waals surface area contributed by atoms with Crippen molar-refractivity contribution in [3.8, 4) is 0 Å². The van der Waals surface area contributed by atoms with Crippen LogP contribution in [0, 0.1) is 11.7 Å². The molecule has 0 heterocycles. The molecular weight excluding hydrogens is 227 g/mol. The second-order valence-corrected chi connectivity index (χ2v) is 4.92. The quantitative estimate of drug-likeness (QED) is 0.801. The van der Waals surface area contributed by atoms with Crippen LogP contribution >= 0.6 is 0 Å². The van der Waals surface area contributed by atoms with Crippen LogP contribution in [0.2, 0.25) is 0 Å². The summed E-state index contributed by atoms with van der Waals surface area (Å²) in [6.07, 6.45) is 0. The number of likely N-dealkylation sites (N-methyl/N-ethyl adjacent to an activating group) is 2. The monoisotopic (exact) mass is 252 g/mol. The molecule has 1 rings (SSSR count). The Morgan fingerprint density at radius 2 is 1.78 bits per heavy atom. The van der Waals surface area contributed by atoms with Crippen molar-refractivity contribution in [2.75, 3.05) is 24.5 Å². The molecule has 102 valence electrons. The Morgan fingerprint density at radius 3 is 2.22 bits per heavy atom. The van der Waals surface area contributed by atoms with Crippen LogP contribution in [-0.2, 0) is 0 Å². The lowest BCUT2D eigenvalue weighted by molar-refractivity contribution is 0.406. The summed E-state index contributed by atoms with van der Waals surface area (Å²) in [5, 5.41) is 3.51. The average molecular weight is 252 g/mol. The van der Waals surface area contributed by atoms with Crippen LogP contribution in [0.4, 0.5) is 10.1 Å². The first kappa shape index (κ1) is 15.0. The van der Waals surface area contributed by atoms with Crippen LogP contribution in [0.3, 0.4) is 0 Å². The van der Waals surface area contributed by atoms with Crippen molar-refractivity contribution in [1.29, 1.82) is 0 Å². The highest BCUT2D eigenvalue weighted by Crippen LogP contribution is 2.16. The maximum absolute atomic E-state index is 12.9. The normalized spacial score (nSPS) is 12.8. The highest BCUT2D eigenvalue weighted by Gasteiger charge is 2.16. The summed E-state index contributed by atoms with van der Waals surface area (Å²) in [5.74, 6) is 0.404. The first-order chi connectivity index (χ1) is 8.58. The standard InChI is InChI=1S/C15H25FN2/c1-5-17-15(12(3)4)11-18(6-2)14-9-7-13(16)8-10-14/h7-10,12,15,17H,5-6,11H2,1-4H3. The Hall–Kier alpha value is -1.09. The van der Waals surface area contributed by atoms with Crippen LogP contribution in [0.25, 0.3) is 0 Å². The van der Waals surface area contributed by atoms with Gasteiger partial charge in [-0.3, -0.25) is 0 Å². The summed E-state index contributed by atoms with van der Waals surface area (Å²) in [6, 6.07) is 7.20. The fraction of sp³-hybridized carbons (Fsp3) is 0.600. The average Bonchev–Trinajstić information content (AvgIpc) is 2.35. The number of hydrogen-bond acceptors (Lipinski definition) is 2. The van der Waals surface area contributed by atoms with Crippen molar-refractivity contribution in [2.45, 2.75) is 33.7 Å². The predicted molar refractivity (Wildman–Crippen MR) is 76.6 cm³/mol. The highest BCUT2D eigenvalue weighted by molar-refractivity contribution is 5.46. The Bertz CT molecular complexity index is 335. The number of rotatable bonds is 7. The molecule has 0 aliphatic rings. The number of anilines is 1. The lowest BCUT2D eigenvalue weighted by Gasteiger charge is -2.31. The van der Waals surface area contributed by atoms with Crippen molar-refractivity contribution in [1.82, 2.24) is 5.32 Å². The number of benzene rings is 1. The van der Waals surface area contributed by atoms with Gasteiger partial charge >= 0.3 is 0 Å². The van der Waals surface area contributed by atoms with E-state index in [4.69, 9.17) is 0 Å². The molecular formula is C15H25FN2. The molecule has 0 aliphatic carbocycles. The minimum Gasteiger partial charge on any atom is -0.370 e. The molecule has 1 aromatic carbocycles. The van der Waals surface area contributed by atoms with Gasteiger partial charge in [-0.05, 0) is 43.7 Å². The van der Waals surface area contributed by atoms with Crippen molar-refractivity contribution in [2.24, 2.45) is 5.92 Å². The molecule has 0 spiro atoms. The lowest BCUT2D eigenvalue weighted by Crippen LogP contribution is -2.44. The van der Waals surface area contributed by atoms with Crippen molar-refractivity contribution in [3.05, 3.63) is 30.1 Å². The van der Waals surface area contributed by atoms with Gasteiger partial charge < -0.3 is 10.2 Å². The molecule has 0 amide bonds. The molecule has 1 atom stereocenters. The van der Waals surface area contributed by atoms with Gasteiger partial charge in [0.15, 0.2) is 0 Å². The topological polar surface area (TPSA) is 15.3 Å². The maximum Gasteiger partial charge on any atom is 0.123 e. The Morgan fingerprint density at radius 1 is 1.17 bits per heavy atom. The summed E-state index contributed by atoms with van der Waals surface area (Å²) in [6.45, 7) is 11.6. The molecule has 1 N–H and O–H groups in total. The highest BCUT2D eigenvalue weighted by atomic mass is 19.1. The smallest absolute Gasteiger partial charge is 0.123 e. The van der Waals surface area contributed by atoms with Gasteiger partial charge in [0.25, 0.3) is 0 Å². The summed E-state index contributed by atoms with van der Waals surface area (Å²) < 4.78 is 12.9. The zero-order chi connectivity index (χ0) is 13.5. The van der Waals surface area contributed by atoms with Crippen LogP contribution in [0.5, 0.6) is 0 Å². The van der Waals surface area contributed by atoms with Gasteiger partial charge in [-0.15, -0.1) is 0 Å². The van der Waals surface area contributed by atoms with Gasteiger partial charge in [0.05, 0.1) is 0 Å². The van der Waals surface area contributed by atoms with Crippen molar-refractivity contribution < 1.29 is 4.39 Å². The van der Waals surface area contributed by atoms with Crippen LogP contribution < -0.4 is 10.2 Å². The lowest BCUT2D eigenvalue weighted by atomic mass is 10.0. The third-order valence-electron chi connectivity index (χ3n) is 3.26. The molecule has 0 fully saturated rings. The molecule has 0 saturated heterocycles. The van der Waals surface area contributed by atoms with Gasteiger partial charge in [0.1, 0.15) is 5.82 Å². The zero-order valence-electron chi connectivity index (χ0n) is 11.9. The van der Waals surface area contributed by atoms with Crippen LogP contribution in [-0.4, -0.2) is 25.7 Å². The van der Waals surface area contributed by atoms with Crippen LogP contribution in [0.15, 0.2) is 24.3 Å².